The predicted molar refractivity (Wildman–Crippen MR) is 129 cm³/mol. The summed E-state index contributed by atoms with van der Waals surface area (Å²) in [4.78, 5) is 13.7. The second-order valence-electron chi connectivity index (χ2n) is 7.89. The molecule has 0 atom stereocenters. The Hall–Kier alpha value is -4.40. The van der Waals surface area contributed by atoms with E-state index in [1.807, 2.05) is 53.6 Å². The summed E-state index contributed by atoms with van der Waals surface area (Å²) >= 11 is 0. The lowest BCUT2D eigenvalue weighted by Crippen LogP contribution is -2.00. The first-order chi connectivity index (χ1) is 16.4. The fraction of sp³-hybridized carbons (Fsp3) is 0.160. The minimum Gasteiger partial charge on any atom is -0.494 e. The lowest BCUT2D eigenvalue weighted by molar-refractivity contribution is 0.386. The van der Waals surface area contributed by atoms with Crippen LogP contribution >= 0.6 is 0 Å². The molecule has 0 fully saturated rings. The highest BCUT2D eigenvalue weighted by Crippen LogP contribution is 2.36. The molecule has 2 N–H and O–H groups in total. The van der Waals surface area contributed by atoms with Gasteiger partial charge in [0.2, 0.25) is 5.88 Å². The minimum absolute atomic E-state index is 0.155. The molecule has 0 saturated carbocycles. The molecular formula is C25H23FN6O2. The Morgan fingerprint density at radius 1 is 1.00 bits per heavy atom. The molecule has 0 radical (unpaired) electrons. The van der Waals surface area contributed by atoms with Gasteiger partial charge in [-0.3, -0.25) is 0 Å². The van der Waals surface area contributed by atoms with E-state index in [-0.39, 0.29) is 5.75 Å². The van der Waals surface area contributed by atoms with Crippen LogP contribution in [0, 0.1) is 12.7 Å². The molecule has 8 nitrogen and oxygen atoms in total. The highest BCUT2D eigenvalue weighted by molar-refractivity contribution is 5.98. The first-order valence-electron chi connectivity index (χ1n) is 10.6. The molecule has 3 aromatic heterocycles. The van der Waals surface area contributed by atoms with E-state index in [9.17, 15) is 4.39 Å². The van der Waals surface area contributed by atoms with Crippen LogP contribution in [0.15, 0.2) is 55.0 Å². The number of aromatic nitrogens is 5. The maximum absolute atomic E-state index is 13.9. The number of rotatable bonds is 5. The Kier molecular flexibility index (Phi) is 5.16. The number of hydrogen-bond donors (Lipinski definition) is 1. The number of anilines is 1. The lowest BCUT2D eigenvalue weighted by Gasteiger charge is -2.12. The van der Waals surface area contributed by atoms with Crippen molar-refractivity contribution in [3.05, 3.63) is 66.5 Å². The molecule has 0 aliphatic heterocycles. The first kappa shape index (κ1) is 21.4. The van der Waals surface area contributed by atoms with Crippen molar-refractivity contribution in [2.45, 2.75) is 6.92 Å². The van der Waals surface area contributed by atoms with Crippen LogP contribution in [0.2, 0.25) is 0 Å². The third-order valence-electron chi connectivity index (χ3n) is 5.80. The van der Waals surface area contributed by atoms with Crippen LogP contribution in [0.4, 0.5) is 10.1 Å². The number of hydrogen-bond acceptors (Lipinski definition) is 6. The first-order valence-corrected chi connectivity index (χ1v) is 10.6. The molecule has 5 rings (SSSR count). The van der Waals surface area contributed by atoms with Crippen LogP contribution < -0.4 is 15.2 Å². The topological polar surface area (TPSA) is 93.0 Å². The molecule has 0 aliphatic rings. The number of pyridine rings is 1. The SMILES string of the molecule is COc1cc(-c2nc3c(N)c(-c4ccc(-n5cnc(C)c5)c(OC)n4)ccc3n2C)ccc1F. The molecule has 9 heteroatoms. The van der Waals surface area contributed by atoms with Gasteiger partial charge in [-0.05, 0) is 49.4 Å². The zero-order chi connectivity index (χ0) is 24.0. The number of imidazole rings is 2. The smallest absolute Gasteiger partial charge is 0.238 e. The van der Waals surface area contributed by atoms with E-state index < -0.39 is 5.82 Å². The van der Waals surface area contributed by atoms with Gasteiger partial charge in [0, 0.05) is 24.4 Å². The van der Waals surface area contributed by atoms with Gasteiger partial charge in [-0.15, -0.1) is 0 Å². The summed E-state index contributed by atoms with van der Waals surface area (Å²) in [5.74, 6) is 0.826. The third kappa shape index (κ3) is 3.42. The number of nitrogen functional groups attached to an aromatic ring is 1. The van der Waals surface area contributed by atoms with Gasteiger partial charge in [-0.2, -0.15) is 0 Å². The van der Waals surface area contributed by atoms with Gasteiger partial charge in [0.1, 0.15) is 17.0 Å². The second-order valence-corrected chi connectivity index (χ2v) is 7.89. The maximum Gasteiger partial charge on any atom is 0.238 e. The summed E-state index contributed by atoms with van der Waals surface area (Å²) in [7, 11) is 4.90. The molecule has 172 valence electrons. The number of halogens is 1. The van der Waals surface area contributed by atoms with Crippen molar-refractivity contribution in [1.29, 1.82) is 0 Å². The van der Waals surface area contributed by atoms with Crippen LogP contribution in [0.25, 0.3) is 39.4 Å². The van der Waals surface area contributed by atoms with Crippen molar-refractivity contribution in [2.75, 3.05) is 20.0 Å². The average molecular weight is 458 g/mol. The molecule has 0 aliphatic carbocycles. The largest absolute Gasteiger partial charge is 0.494 e. The third-order valence-corrected chi connectivity index (χ3v) is 5.80. The quantitative estimate of drug-likeness (QED) is 0.389. The Morgan fingerprint density at radius 2 is 1.82 bits per heavy atom. The molecule has 3 heterocycles. The Balaban J connectivity index is 1.61. The molecule has 0 spiro atoms. The summed E-state index contributed by atoms with van der Waals surface area (Å²) in [5.41, 5.74) is 12.3. The van der Waals surface area contributed by atoms with Gasteiger partial charge >= 0.3 is 0 Å². The Bertz CT molecular complexity index is 1540. The number of ether oxygens (including phenoxy) is 2. The Labute approximate surface area is 195 Å². The predicted octanol–water partition coefficient (Wildman–Crippen LogP) is 4.53. The monoisotopic (exact) mass is 458 g/mol. The molecule has 0 saturated heterocycles. The van der Waals surface area contributed by atoms with Gasteiger partial charge in [-0.25, -0.2) is 19.3 Å². The van der Waals surface area contributed by atoms with E-state index >= 15 is 0 Å². The van der Waals surface area contributed by atoms with E-state index in [4.69, 9.17) is 25.2 Å². The summed E-state index contributed by atoms with van der Waals surface area (Å²) in [5, 5.41) is 0. The molecule has 34 heavy (non-hydrogen) atoms. The van der Waals surface area contributed by atoms with Crippen molar-refractivity contribution in [3.8, 4) is 40.0 Å². The van der Waals surface area contributed by atoms with Gasteiger partial charge in [0.05, 0.1) is 43.1 Å². The highest BCUT2D eigenvalue weighted by Gasteiger charge is 2.18. The van der Waals surface area contributed by atoms with E-state index in [0.29, 0.717) is 28.6 Å². The molecule has 0 unspecified atom stereocenters. The number of methoxy groups -OCH3 is 2. The van der Waals surface area contributed by atoms with Crippen molar-refractivity contribution in [1.82, 2.24) is 24.1 Å². The number of nitrogens with two attached hydrogens (primary N) is 1. The summed E-state index contributed by atoms with van der Waals surface area (Å²) < 4.78 is 28.4. The summed E-state index contributed by atoms with van der Waals surface area (Å²) in [6.07, 6.45) is 3.62. The molecule has 0 amide bonds. The molecule has 5 aromatic rings. The van der Waals surface area contributed by atoms with Crippen molar-refractivity contribution in [2.24, 2.45) is 7.05 Å². The zero-order valence-corrected chi connectivity index (χ0v) is 19.2. The molecule has 2 aromatic carbocycles. The zero-order valence-electron chi connectivity index (χ0n) is 19.2. The fourth-order valence-corrected chi connectivity index (χ4v) is 4.04. The van der Waals surface area contributed by atoms with E-state index in [2.05, 4.69) is 4.98 Å². The second kappa shape index (κ2) is 8.18. The average Bonchev–Trinajstić information content (AvgIpc) is 3.43. The van der Waals surface area contributed by atoms with E-state index in [1.54, 1.807) is 25.6 Å². The van der Waals surface area contributed by atoms with E-state index in [1.165, 1.54) is 13.2 Å². The fourth-order valence-electron chi connectivity index (χ4n) is 4.04. The number of nitrogens with zero attached hydrogens (tertiary/aromatic N) is 5. The van der Waals surface area contributed by atoms with Crippen LogP contribution in [0.3, 0.4) is 0 Å². The standard InChI is InChI=1S/C25H23FN6O2/c1-14-12-32(13-28-14)20-10-8-18(29-25(20)34-4)16-6-9-19-23(22(16)27)30-24(31(19)2)15-5-7-17(26)21(11-15)33-3/h5-13H,27H2,1-4H3. The van der Waals surface area contributed by atoms with Gasteiger partial charge in [-0.1, -0.05) is 0 Å². The molecular weight excluding hydrogens is 435 g/mol. The highest BCUT2D eigenvalue weighted by atomic mass is 19.1. The van der Waals surface area contributed by atoms with Crippen LogP contribution in [-0.2, 0) is 7.05 Å². The lowest BCUT2D eigenvalue weighted by atomic mass is 10.1. The van der Waals surface area contributed by atoms with Crippen LogP contribution in [0.1, 0.15) is 5.69 Å². The van der Waals surface area contributed by atoms with Crippen LogP contribution in [0.5, 0.6) is 11.6 Å². The van der Waals surface area contributed by atoms with Crippen LogP contribution in [-0.4, -0.2) is 38.3 Å². The van der Waals surface area contributed by atoms with E-state index in [0.717, 1.165) is 28.0 Å². The maximum atomic E-state index is 13.9. The number of aryl methyl sites for hydroxylation is 2. The summed E-state index contributed by atoms with van der Waals surface area (Å²) in [6, 6.07) is 12.3. The normalized spacial score (nSPS) is 11.2. The number of benzene rings is 2. The Morgan fingerprint density at radius 3 is 2.53 bits per heavy atom. The minimum atomic E-state index is -0.430. The summed E-state index contributed by atoms with van der Waals surface area (Å²) in [6.45, 7) is 1.92. The van der Waals surface area contributed by atoms with Gasteiger partial charge in [0.15, 0.2) is 11.6 Å². The number of fused-ring (bicyclic) bond motifs is 1. The van der Waals surface area contributed by atoms with Crippen molar-refractivity contribution < 1.29 is 13.9 Å². The van der Waals surface area contributed by atoms with Gasteiger partial charge < -0.3 is 24.3 Å². The molecule has 0 bridgehead atoms. The van der Waals surface area contributed by atoms with Gasteiger partial charge in [0.25, 0.3) is 0 Å². The van der Waals surface area contributed by atoms with Crippen molar-refractivity contribution in [3.63, 3.8) is 0 Å². The van der Waals surface area contributed by atoms with Crippen molar-refractivity contribution >= 4 is 16.7 Å².